The van der Waals surface area contributed by atoms with Gasteiger partial charge in [0.05, 0.1) is 5.56 Å². The van der Waals surface area contributed by atoms with E-state index < -0.39 is 0 Å². The smallest absolute Gasteiger partial charge is 0.255 e. The van der Waals surface area contributed by atoms with Gasteiger partial charge >= 0.3 is 0 Å². The fraction of sp³-hybridized carbons (Fsp3) is 0.0952. The second-order valence-corrected chi connectivity index (χ2v) is 6.03. The third-order valence-corrected chi connectivity index (χ3v) is 4.45. The number of benzene rings is 3. The summed E-state index contributed by atoms with van der Waals surface area (Å²) < 4.78 is 0. The first-order chi connectivity index (χ1) is 11.7. The molecule has 0 aromatic heterocycles. The van der Waals surface area contributed by atoms with Crippen molar-refractivity contribution < 1.29 is 4.79 Å². The first kappa shape index (κ1) is 14.5. The van der Waals surface area contributed by atoms with E-state index in [4.69, 9.17) is 0 Å². The van der Waals surface area contributed by atoms with Crippen molar-refractivity contribution in [1.29, 1.82) is 0 Å². The quantitative estimate of drug-likeness (QED) is 0.730. The number of carbonyl (C=O) groups is 1. The zero-order chi connectivity index (χ0) is 16.5. The molecule has 1 atom stereocenters. The fourth-order valence-corrected chi connectivity index (χ4v) is 3.13. The van der Waals surface area contributed by atoms with E-state index in [0.717, 1.165) is 11.3 Å². The third kappa shape index (κ3) is 2.54. The fourth-order valence-electron chi connectivity index (χ4n) is 3.13. The molecule has 0 spiro atoms. The van der Waals surface area contributed by atoms with Gasteiger partial charge < -0.3 is 10.6 Å². The number of nitrogens with one attached hydrogen (secondary N) is 2. The van der Waals surface area contributed by atoms with Crippen molar-refractivity contribution in [2.45, 2.75) is 13.1 Å². The van der Waals surface area contributed by atoms with Gasteiger partial charge in [0.1, 0.15) is 6.17 Å². The van der Waals surface area contributed by atoms with Crippen molar-refractivity contribution in [3.05, 3.63) is 89.5 Å². The van der Waals surface area contributed by atoms with Gasteiger partial charge in [-0.15, -0.1) is 0 Å². The zero-order valence-corrected chi connectivity index (χ0v) is 13.4. The Kier molecular flexibility index (Phi) is 3.54. The molecular formula is C21H18N2O. The van der Waals surface area contributed by atoms with E-state index in [9.17, 15) is 4.79 Å². The van der Waals surface area contributed by atoms with Gasteiger partial charge in [-0.25, -0.2) is 0 Å². The summed E-state index contributed by atoms with van der Waals surface area (Å²) in [5.74, 6) is -0.0441. The Morgan fingerprint density at radius 3 is 2.17 bits per heavy atom. The third-order valence-electron chi connectivity index (χ3n) is 4.45. The monoisotopic (exact) mass is 314 g/mol. The molecule has 2 N–H and O–H groups in total. The Bertz CT molecular complexity index is 900. The van der Waals surface area contributed by atoms with Crippen LogP contribution in [0.5, 0.6) is 0 Å². The summed E-state index contributed by atoms with van der Waals surface area (Å²) in [7, 11) is 0. The molecule has 1 heterocycles. The average Bonchev–Trinajstić information content (AvgIpc) is 2.62. The largest absolute Gasteiger partial charge is 0.361 e. The van der Waals surface area contributed by atoms with Crippen LogP contribution in [0.15, 0.2) is 72.8 Å². The molecule has 1 unspecified atom stereocenters. The maximum atomic E-state index is 12.3. The summed E-state index contributed by atoms with van der Waals surface area (Å²) in [5.41, 5.74) is 6.26. The number of fused-ring (bicyclic) bond motifs is 1. The standard InChI is InChI=1S/C21H18N2O/c1-14-6-2-3-7-17(14)15-10-12-16(13-11-15)20-22-19-9-5-4-8-18(19)21(24)23-20/h2-13,20,22H,1H3,(H,23,24). The number of amides is 1. The summed E-state index contributed by atoms with van der Waals surface area (Å²) >= 11 is 0. The number of para-hydroxylation sites is 1. The lowest BCUT2D eigenvalue weighted by atomic mass is 9.98. The van der Waals surface area contributed by atoms with Gasteiger partial charge in [-0.3, -0.25) is 4.79 Å². The maximum absolute atomic E-state index is 12.3. The van der Waals surface area contributed by atoms with Crippen molar-refractivity contribution in [3.63, 3.8) is 0 Å². The lowest BCUT2D eigenvalue weighted by molar-refractivity contribution is 0.0935. The molecule has 0 aliphatic carbocycles. The average molecular weight is 314 g/mol. The molecule has 24 heavy (non-hydrogen) atoms. The molecule has 0 fully saturated rings. The van der Waals surface area contributed by atoms with Crippen LogP contribution in [0.25, 0.3) is 11.1 Å². The molecule has 3 aromatic rings. The molecule has 0 saturated heterocycles. The summed E-state index contributed by atoms with van der Waals surface area (Å²) in [5, 5.41) is 6.39. The summed E-state index contributed by atoms with van der Waals surface area (Å²) in [6, 6.07) is 24.2. The Hall–Kier alpha value is -3.07. The van der Waals surface area contributed by atoms with E-state index >= 15 is 0 Å². The molecule has 1 aliphatic rings. The SMILES string of the molecule is Cc1ccccc1-c1ccc(C2NC(=O)c3ccccc3N2)cc1. The van der Waals surface area contributed by atoms with E-state index in [0.29, 0.717) is 5.56 Å². The van der Waals surface area contributed by atoms with Crippen LogP contribution in [-0.4, -0.2) is 5.91 Å². The highest BCUT2D eigenvalue weighted by atomic mass is 16.2. The lowest BCUT2D eigenvalue weighted by Gasteiger charge is -2.28. The Morgan fingerprint density at radius 1 is 0.750 bits per heavy atom. The van der Waals surface area contributed by atoms with Gasteiger partial charge in [0.15, 0.2) is 0 Å². The minimum absolute atomic E-state index is 0.0441. The van der Waals surface area contributed by atoms with E-state index in [-0.39, 0.29) is 12.1 Å². The molecule has 3 heteroatoms. The maximum Gasteiger partial charge on any atom is 0.255 e. The van der Waals surface area contributed by atoms with Crippen molar-refractivity contribution in [2.75, 3.05) is 5.32 Å². The molecule has 0 saturated carbocycles. The highest BCUT2D eigenvalue weighted by Gasteiger charge is 2.23. The van der Waals surface area contributed by atoms with E-state index in [1.165, 1.54) is 16.7 Å². The number of hydrogen-bond donors (Lipinski definition) is 2. The molecule has 1 aliphatic heterocycles. The first-order valence-corrected chi connectivity index (χ1v) is 8.05. The minimum atomic E-state index is -0.210. The Balaban J connectivity index is 1.63. The number of hydrogen-bond acceptors (Lipinski definition) is 2. The summed E-state index contributed by atoms with van der Waals surface area (Å²) in [4.78, 5) is 12.3. The van der Waals surface area contributed by atoms with Crippen LogP contribution in [0.2, 0.25) is 0 Å². The van der Waals surface area contributed by atoms with E-state index in [2.05, 4.69) is 60.0 Å². The summed E-state index contributed by atoms with van der Waals surface area (Å²) in [6.07, 6.45) is -0.210. The topological polar surface area (TPSA) is 41.1 Å². The molecule has 118 valence electrons. The normalized spacial score (nSPS) is 16.0. The molecule has 1 amide bonds. The number of aryl methyl sites for hydroxylation is 1. The van der Waals surface area contributed by atoms with Crippen LogP contribution in [0, 0.1) is 6.92 Å². The van der Waals surface area contributed by atoms with Gasteiger partial charge in [0, 0.05) is 5.69 Å². The van der Waals surface area contributed by atoms with Gasteiger partial charge in [-0.2, -0.15) is 0 Å². The molecule has 3 nitrogen and oxygen atoms in total. The van der Waals surface area contributed by atoms with Crippen molar-refractivity contribution in [3.8, 4) is 11.1 Å². The molecular weight excluding hydrogens is 296 g/mol. The van der Waals surface area contributed by atoms with Gasteiger partial charge in [0.2, 0.25) is 0 Å². The predicted molar refractivity (Wildman–Crippen MR) is 96.9 cm³/mol. The van der Waals surface area contributed by atoms with Crippen LogP contribution in [0.1, 0.15) is 27.7 Å². The minimum Gasteiger partial charge on any atom is -0.361 e. The van der Waals surface area contributed by atoms with Crippen LogP contribution < -0.4 is 10.6 Å². The Morgan fingerprint density at radius 2 is 1.42 bits per heavy atom. The van der Waals surface area contributed by atoms with Crippen LogP contribution in [0.4, 0.5) is 5.69 Å². The van der Waals surface area contributed by atoms with Crippen LogP contribution >= 0.6 is 0 Å². The van der Waals surface area contributed by atoms with Gasteiger partial charge in [-0.1, -0.05) is 60.7 Å². The zero-order valence-electron chi connectivity index (χ0n) is 13.4. The highest BCUT2D eigenvalue weighted by Crippen LogP contribution is 2.28. The highest BCUT2D eigenvalue weighted by molar-refractivity contribution is 6.01. The Labute approximate surface area is 141 Å². The molecule has 0 radical (unpaired) electrons. The number of carbonyl (C=O) groups excluding carboxylic acids is 1. The number of rotatable bonds is 2. The lowest BCUT2D eigenvalue weighted by Crippen LogP contribution is -2.38. The van der Waals surface area contributed by atoms with E-state index in [1.807, 2.05) is 30.3 Å². The van der Waals surface area contributed by atoms with Crippen molar-refractivity contribution in [2.24, 2.45) is 0 Å². The molecule has 0 bridgehead atoms. The van der Waals surface area contributed by atoms with Crippen molar-refractivity contribution >= 4 is 11.6 Å². The van der Waals surface area contributed by atoms with Crippen molar-refractivity contribution in [1.82, 2.24) is 5.32 Å². The second kappa shape index (κ2) is 5.85. The second-order valence-electron chi connectivity index (χ2n) is 6.03. The molecule has 4 rings (SSSR count). The summed E-state index contributed by atoms with van der Waals surface area (Å²) in [6.45, 7) is 2.11. The van der Waals surface area contributed by atoms with Gasteiger partial charge in [0.25, 0.3) is 5.91 Å². The van der Waals surface area contributed by atoms with Gasteiger partial charge in [-0.05, 0) is 41.3 Å². The van der Waals surface area contributed by atoms with Crippen LogP contribution in [0.3, 0.4) is 0 Å². The van der Waals surface area contributed by atoms with Crippen LogP contribution in [-0.2, 0) is 0 Å². The predicted octanol–water partition coefficient (Wildman–Crippen LogP) is 4.52. The first-order valence-electron chi connectivity index (χ1n) is 8.05. The number of anilines is 1. The molecule has 3 aromatic carbocycles. The van der Waals surface area contributed by atoms with E-state index in [1.54, 1.807) is 0 Å².